The summed E-state index contributed by atoms with van der Waals surface area (Å²) in [7, 11) is 0. The molecule has 0 bridgehead atoms. The number of carbonyl (C=O) groups is 1. The van der Waals surface area contributed by atoms with Gasteiger partial charge in [0.2, 0.25) is 5.91 Å². The summed E-state index contributed by atoms with van der Waals surface area (Å²) >= 11 is 10.9. The van der Waals surface area contributed by atoms with E-state index in [1.165, 1.54) is 22.2 Å². The fourth-order valence-electron chi connectivity index (χ4n) is 3.07. The zero-order valence-electron chi connectivity index (χ0n) is 15.3. The molecule has 0 atom stereocenters. The molecule has 8 heteroatoms. The van der Waals surface area contributed by atoms with Crippen molar-refractivity contribution in [3.8, 4) is 10.4 Å². The van der Waals surface area contributed by atoms with E-state index in [0.29, 0.717) is 20.9 Å². The third kappa shape index (κ3) is 3.99. The van der Waals surface area contributed by atoms with Crippen LogP contribution in [0.5, 0.6) is 0 Å². The lowest BCUT2D eigenvalue weighted by atomic mass is 10.1. The molecule has 0 fully saturated rings. The number of aryl methyl sites for hydroxylation is 1. The molecule has 0 aliphatic rings. The molecule has 0 aliphatic heterocycles. The molecular weight excluding hydrogens is 474 g/mol. The van der Waals surface area contributed by atoms with E-state index in [0.717, 1.165) is 20.5 Å². The Bertz CT molecular complexity index is 1280. The monoisotopic (exact) mass is 487 g/mol. The van der Waals surface area contributed by atoms with Crippen LogP contribution in [-0.4, -0.2) is 15.5 Å². The quantitative estimate of drug-likeness (QED) is 0.413. The van der Waals surface area contributed by atoms with Crippen LogP contribution >= 0.6 is 38.9 Å². The van der Waals surface area contributed by atoms with Gasteiger partial charge in [-0.05, 0) is 36.2 Å². The number of nitrogens with one attached hydrogen (secondary N) is 1. The van der Waals surface area contributed by atoms with Gasteiger partial charge in [-0.2, -0.15) is 0 Å². The van der Waals surface area contributed by atoms with E-state index in [1.54, 1.807) is 18.2 Å². The van der Waals surface area contributed by atoms with Crippen molar-refractivity contribution in [2.24, 2.45) is 0 Å². The molecule has 0 saturated heterocycles. The second-order valence-electron chi connectivity index (χ2n) is 6.45. The number of nitrogens with zero attached hydrogens (tertiary/aromatic N) is 2. The molecule has 1 N–H and O–H groups in total. The van der Waals surface area contributed by atoms with Crippen molar-refractivity contribution >= 4 is 60.7 Å². The molecule has 2 heterocycles. The Balaban J connectivity index is 1.65. The maximum Gasteiger partial charge on any atom is 0.262 e. The molecule has 0 aliphatic carbocycles. The smallest absolute Gasteiger partial charge is 0.262 e. The van der Waals surface area contributed by atoms with Gasteiger partial charge < -0.3 is 5.32 Å². The van der Waals surface area contributed by atoms with Crippen LogP contribution in [0.2, 0.25) is 5.02 Å². The van der Waals surface area contributed by atoms with Crippen molar-refractivity contribution < 1.29 is 4.79 Å². The van der Waals surface area contributed by atoms with Crippen LogP contribution in [0.25, 0.3) is 20.7 Å². The van der Waals surface area contributed by atoms with Gasteiger partial charge in [0.25, 0.3) is 5.56 Å². The summed E-state index contributed by atoms with van der Waals surface area (Å²) in [4.78, 5) is 31.5. The van der Waals surface area contributed by atoms with E-state index < -0.39 is 0 Å². The predicted molar refractivity (Wildman–Crippen MR) is 122 cm³/mol. The Labute approximate surface area is 184 Å². The summed E-state index contributed by atoms with van der Waals surface area (Å²) in [5.74, 6) is -0.353. The Morgan fingerprint density at radius 3 is 2.72 bits per heavy atom. The number of carbonyl (C=O) groups excluding carboxylic acids is 1. The zero-order chi connectivity index (χ0) is 20.5. The first-order chi connectivity index (χ1) is 13.9. The molecule has 1 amide bonds. The topological polar surface area (TPSA) is 64.0 Å². The van der Waals surface area contributed by atoms with Gasteiger partial charge in [0.05, 0.1) is 22.4 Å². The highest BCUT2D eigenvalue weighted by Gasteiger charge is 2.17. The van der Waals surface area contributed by atoms with E-state index in [-0.39, 0.29) is 18.0 Å². The minimum Gasteiger partial charge on any atom is -0.323 e. The molecule has 0 saturated carbocycles. The highest BCUT2D eigenvalue weighted by molar-refractivity contribution is 9.10. The standard InChI is InChI=1S/C21H15BrClN3O2S/c1-12-18-20(29-19(12)13-5-3-2-4-6-13)24-11-26(21(18)28)10-17(27)25-16-8-7-14(22)9-15(16)23/h2-9,11H,10H2,1H3,(H,25,27). The molecule has 0 radical (unpaired) electrons. The van der Waals surface area contributed by atoms with Gasteiger partial charge >= 0.3 is 0 Å². The summed E-state index contributed by atoms with van der Waals surface area (Å²) in [6, 6.07) is 15.1. The van der Waals surface area contributed by atoms with E-state index in [2.05, 4.69) is 26.2 Å². The Morgan fingerprint density at radius 1 is 1.24 bits per heavy atom. The third-order valence-corrected chi connectivity index (χ3v) is 6.53. The molecule has 5 nitrogen and oxygen atoms in total. The maximum atomic E-state index is 13.0. The second-order valence-corrected chi connectivity index (χ2v) is 8.77. The molecule has 29 heavy (non-hydrogen) atoms. The molecule has 146 valence electrons. The maximum absolute atomic E-state index is 13.0. The van der Waals surface area contributed by atoms with Crippen molar-refractivity contribution in [3.63, 3.8) is 0 Å². The molecule has 4 rings (SSSR count). The minimum atomic E-state index is -0.353. The summed E-state index contributed by atoms with van der Waals surface area (Å²) in [6.45, 7) is 1.76. The lowest BCUT2D eigenvalue weighted by Gasteiger charge is -2.09. The number of rotatable bonds is 4. The fraction of sp³-hybridized carbons (Fsp3) is 0.0952. The Hall–Kier alpha value is -2.48. The first-order valence-corrected chi connectivity index (χ1v) is 10.7. The molecular formula is C21H15BrClN3O2S. The van der Waals surface area contributed by atoms with E-state index in [1.807, 2.05) is 37.3 Å². The van der Waals surface area contributed by atoms with E-state index >= 15 is 0 Å². The summed E-state index contributed by atoms with van der Waals surface area (Å²) < 4.78 is 2.13. The van der Waals surface area contributed by atoms with Crippen LogP contribution in [-0.2, 0) is 11.3 Å². The summed E-state index contributed by atoms with van der Waals surface area (Å²) in [5, 5.41) is 3.69. The van der Waals surface area contributed by atoms with E-state index in [9.17, 15) is 9.59 Å². The van der Waals surface area contributed by atoms with Crippen LogP contribution < -0.4 is 10.9 Å². The van der Waals surface area contributed by atoms with Crippen molar-refractivity contribution in [2.75, 3.05) is 5.32 Å². The molecule has 0 unspecified atom stereocenters. The molecule has 2 aromatic heterocycles. The molecule has 0 spiro atoms. The number of amides is 1. The van der Waals surface area contributed by atoms with Gasteiger partial charge in [0.1, 0.15) is 11.4 Å². The van der Waals surface area contributed by atoms with Gasteiger partial charge in [0, 0.05) is 9.35 Å². The molecule has 4 aromatic rings. The summed E-state index contributed by atoms with van der Waals surface area (Å²) in [5.41, 5.74) is 2.17. The average Bonchev–Trinajstić information content (AvgIpc) is 3.04. The number of aromatic nitrogens is 2. The normalized spacial score (nSPS) is 11.0. The number of halogens is 2. The van der Waals surface area contributed by atoms with Crippen molar-refractivity contribution in [1.82, 2.24) is 9.55 Å². The van der Waals surface area contributed by atoms with Crippen LogP contribution in [0.3, 0.4) is 0 Å². The van der Waals surface area contributed by atoms with Crippen LogP contribution in [0.1, 0.15) is 5.56 Å². The van der Waals surface area contributed by atoms with Gasteiger partial charge in [-0.3, -0.25) is 14.2 Å². The first-order valence-electron chi connectivity index (χ1n) is 8.73. The molecule has 2 aromatic carbocycles. The largest absolute Gasteiger partial charge is 0.323 e. The van der Waals surface area contributed by atoms with Gasteiger partial charge in [-0.1, -0.05) is 57.9 Å². The SMILES string of the molecule is Cc1c(-c2ccccc2)sc2ncn(CC(=O)Nc3ccc(Br)cc3Cl)c(=O)c12. The van der Waals surface area contributed by atoms with Gasteiger partial charge in [-0.25, -0.2) is 4.98 Å². The fourth-order valence-corrected chi connectivity index (χ4v) is 4.94. The highest BCUT2D eigenvalue weighted by Crippen LogP contribution is 2.35. The lowest BCUT2D eigenvalue weighted by Crippen LogP contribution is -2.28. The third-order valence-electron chi connectivity index (χ3n) is 4.47. The summed E-state index contributed by atoms with van der Waals surface area (Å²) in [6.07, 6.45) is 1.41. The number of hydrogen-bond donors (Lipinski definition) is 1. The predicted octanol–water partition coefficient (Wildman–Crippen LogP) is 5.49. The zero-order valence-corrected chi connectivity index (χ0v) is 18.4. The minimum absolute atomic E-state index is 0.149. The number of anilines is 1. The second kappa shape index (κ2) is 8.10. The average molecular weight is 489 g/mol. The Morgan fingerprint density at radius 2 is 2.00 bits per heavy atom. The van der Waals surface area contributed by atoms with Gasteiger partial charge in [-0.15, -0.1) is 11.3 Å². The van der Waals surface area contributed by atoms with Crippen molar-refractivity contribution in [1.29, 1.82) is 0 Å². The number of hydrogen-bond acceptors (Lipinski definition) is 4. The number of thiophene rings is 1. The van der Waals surface area contributed by atoms with Crippen LogP contribution in [0.15, 0.2) is 64.1 Å². The highest BCUT2D eigenvalue weighted by atomic mass is 79.9. The number of fused-ring (bicyclic) bond motifs is 1. The number of benzene rings is 2. The van der Waals surface area contributed by atoms with Crippen molar-refractivity contribution in [3.05, 3.63) is 80.3 Å². The Kier molecular flexibility index (Phi) is 5.54. The first kappa shape index (κ1) is 19.8. The van der Waals surface area contributed by atoms with Crippen molar-refractivity contribution in [2.45, 2.75) is 13.5 Å². The van der Waals surface area contributed by atoms with Gasteiger partial charge in [0.15, 0.2) is 0 Å². The van der Waals surface area contributed by atoms with Crippen LogP contribution in [0, 0.1) is 6.92 Å². The van der Waals surface area contributed by atoms with Crippen LogP contribution in [0.4, 0.5) is 5.69 Å². The lowest BCUT2D eigenvalue weighted by molar-refractivity contribution is -0.116. The van der Waals surface area contributed by atoms with E-state index in [4.69, 9.17) is 11.6 Å².